The van der Waals surface area contributed by atoms with Crippen LogP contribution in [0.5, 0.6) is 0 Å². The normalized spacial score (nSPS) is 25.9. The second-order valence-corrected chi connectivity index (χ2v) is 7.42. The van der Waals surface area contributed by atoms with Gasteiger partial charge in [0.15, 0.2) is 0 Å². The topological polar surface area (TPSA) is 34.1 Å². The van der Waals surface area contributed by atoms with Crippen molar-refractivity contribution in [1.82, 2.24) is 0 Å². The summed E-state index contributed by atoms with van der Waals surface area (Å²) in [6, 6.07) is 0. The van der Waals surface area contributed by atoms with Crippen LogP contribution >= 0.6 is 10.7 Å². The second kappa shape index (κ2) is 3.13. The molecule has 0 aliphatic heterocycles. The molecule has 2 saturated carbocycles. The van der Waals surface area contributed by atoms with Crippen LogP contribution in [0.25, 0.3) is 0 Å². The summed E-state index contributed by atoms with van der Waals surface area (Å²) in [5.41, 5.74) is 0. The van der Waals surface area contributed by atoms with Gasteiger partial charge in [0.1, 0.15) is 0 Å². The SMILES string of the molecule is O=S(=O)(Cl)C1(CCCC2CC2)CC1. The molecule has 13 heavy (non-hydrogen) atoms. The standard InChI is InChI=1S/C9H15ClO2S/c10-13(11,12)9(6-7-9)5-1-2-8-3-4-8/h8H,1-7H2. The van der Waals surface area contributed by atoms with E-state index in [4.69, 9.17) is 10.7 Å². The maximum atomic E-state index is 11.2. The zero-order valence-electron chi connectivity index (χ0n) is 7.63. The predicted octanol–water partition coefficient (Wildman–Crippen LogP) is 2.67. The van der Waals surface area contributed by atoms with Crippen LogP contribution in [0.3, 0.4) is 0 Å². The van der Waals surface area contributed by atoms with E-state index in [1.807, 2.05) is 0 Å². The molecule has 0 unspecified atom stereocenters. The molecule has 0 heterocycles. The Morgan fingerprint density at radius 3 is 2.31 bits per heavy atom. The minimum Gasteiger partial charge on any atom is -0.212 e. The Bertz CT molecular complexity index is 289. The Balaban J connectivity index is 1.79. The number of hydrogen-bond acceptors (Lipinski definition) is 2. The van der Waals surface area contributed by atoms with E-state index in [2.05, 4.69) is 0 Å². The predicted molar refractivity (Wildman–Crippen MR) is 53.3 cm³/mol. The lowest BCUT2D eigenvalue weighted by molar-refractivity contribution is 0.558. The van der Waals surface area contributed by atoms with Gasteiger partial charge in [0.25, 0.3) is 0 Å². The average Bonchev–Trinajstić information content (AvgIpc) is 2.76. The zero-order chi connectivity index (χ0) is 9.53. The fourth-order valence-electron chi connectivity index (χ4n) is 1.87. The molecular weight excluding hydrogens is 208 g/mol. The van der Waals surface area contributed by atoms with E-state index >= 15 is 0 Å². The molecule has 0 bridgehead atoms. The molecule has 2 rings (SSSR count). The van der Waals surface area contributed by atoms with E-state index in [-0.39, 0.29) is 0 Å². The van der Waals surface area contributed by atoms with E-state index in [0.29, 0.717) is 0 Å². The molecule has 0 amide bonds. The highest BCUT2D eigenvalue weighted by atomic mass is 35.7. The molecule has 0 aromatic carbocycles. The summed E-state index contributed by atoms with van der Waals surface area (Å²) in [4.78, 5) is 0. The highest BCUT2D eigenvalue weighted by Gasteiger charge is 2.53. The van der Waals surface area contributed by atoms with Gasteiger partial charge in [0.2, 0.25) is 9.05 Å². The molecule has 2 fully saturated rings. The Morgan fingerprint density at radius 2 is 1.92 bits per heavy atom. The summed E-state index contributed by atoms with van der Waals surface area (Å²) in [5, 5.41) is 0. The molecule has 0 radical (unpaired) electrons. The van der Waals surface area contributed by atoms with E-state index in [1.165, 1.54) is 19.3 Å². The first kappa shape index (κ1) is 9.78. The van der Waals surface area contributed by atoms with Gasteiger partial charge in [-0.05, 0) is 25.2 Å². The monoisotopic (exact) mass is 222 g/mol. The van der Waals surface area contributed by atoms with Crippen molar-refractivity contribution < 1.29 is 8.42 Å². The summed E-state index contributed by atoms with van der Waals surface area (Å²) in [6.45, 7) is 0. The van der Waals surface area contributed by atoms with Crippen molar-refractivity contribution in [1.29, 1.82) is 0 Å². The minimum atomic E-state index is -3.30. The first-order valence-electron chi connectivity index (χ1n) is 4.98. The molecule has 4 heteroatoms. The van der Waals surface area contributed by atoms with Crippen molar-refractivity contribution in [2.45, 2.75) is 49.7 Å². The van der Waals surface area contributed by atoms with Gasteiger partial charge >= 0.3 is 0 Å². The maximum absolute atomic E-state index is 11.2. The van der Waals surface area contributed by atoms with Gasteiger partial charge in [-0.1, -0.05) is 25.7 Å². The van der Waals surface area contributed by atoms with E-state index in [1.54, 1.807) is 0 Å². The third kappa shape index (κ3) is 2.18. The van der Waals surface area contributed by atoms with Gasteiger partial charge in [0, 0.05) is 10.7 Å². The van der Waals surface area contributed by atoms with E-state index in [9.17, 15) is 8.42 Å². The van der Waals surface area contributed by atoms with Crippen LogP contribution in [-0.2, 0) is 9.05 Å². The summed E-state index contributed by atoms with van der Waals surface area (Å²) >= 11 is 0. The van der Waals surface area contributed by atoms with E-state index in [0.717, 1.165) is 31.6 Å². The Labute approximate surface area is 84.1 Å². The van der Waals surface area contributed by atoms with Crippen molar-refractivity contribution in [2.24, 2.45) is 5.92 Å². The fraction of sp³-hybridized carbons (Fsp3) is 1.00. The van der Waals surface area contributed by atoms with Crippen LogP contribution in [0.1, 0.15) is 44.9 Å². The van der Waals surface area contributed by atoms with Gasteiger partial charge in [-0.3, -0.25) is 0 Å². The molecule has 0 atom stereocenters. The number of halogens is 1. The van der Waals surface area contributed by atoms with Crippen molar-refractivity contribution in [3.63, 3.8) is 0 Å². The van der Waals surface area contributed by atoms with Crippen molar-refractivity contribution >= 4 is 19.7 Å². The van der Waals surface area contributed by atoms with Crippen LogP contribution in [0.4, 0.5) is 0 Å². The quantitative estimate of drug-likeness (QED) is 0.671. The minimum absolute atomic E-state index is 0.510. The third-order valence-corrected chi connectivity index (χ3v) is 5.90. The molecule has 0 saturated heterocycles. The summed E-state index contributed by atoms with van der Waals surface area (Å²) < 4.78 is 21.8. The summed E-state index contributed by atoms with van der Waals surface area (Å²) in [6.07, 6.45) is 7.29. The second-order valence-electron chi connectivity index (χ2n) is 4.46. The third-order valence-electron chi connectivity index (χ3n) is 3.27. The van der Waals surface area contributed by atoms with Crippen LogP contribution < -0.4 is 0 Å². The van der Waals surface area contributed by atoms with Crippen LogP contribution in [0, 0.1) is 5.92 Å². The van der Waals surface area contributed by atoms with Crippen LogP contribution in [0.15, 0.2) is 0 Å². The van der Waals surface area contributed by atoms with Crippen LogP contribution in [-0.4, -0.2) is 13.2 Å². The van der Waals surface area contributed by atoms with Gasteiger partial charge < -0.3 is 0 Å². The van der Waals surface area contributed by atoms with E-state index < -0.39 is 13.8 Å². The highest BCUT2D eigenvalue weighted by Crippen LogP contribution is 2.50. The van der Waals surface area contributed by atoms with Gasteiger partial charge in [-0.25, -0.2) is 8.42 Å². The molecule has 0 N–H and O–H groups in total. The molecule has 0 aromatic rings. The lowest BCUT2D eigenvalue weighted by Gasteiger charge is -2.09. The average molecular weight is 223 g/mol. The summed E-state index contributed by atoms with van der Waals surface area (Å²) in [5.74, 6) is 0.897. The molecule has 2 aliphatic rings. The first-order chi connectivity index (χ1) is 6.04. The molecule has 0 aromatic heterocycles. The van der Waals surface area contributed by atoms with Crippen molar-refractivity contribution in [3.05, 3.63) is 0 Å². The van der Waals surface area contributed by atoms with Gasteiger partial charge in [-0.15, -0.1) is 0 Å². The van der Waals surface area contributed by atoms with Crippen molar-refractivity contribution in [3.8, 4) is 0 Å². The Hall–Kier alpha value is 0.240. The first-order valence-corrected chi connectivity index (χ1v) is 7.29. The van der Waals surface area contributed by atoms with Crippen molar-refractivity contribution in [2.75, 3.05) is 0 Å². The lowest BCUT2D eigenvalue weighted by Crippen LogP contribution is -2.17. The van der Waals surface area contributed by atoms with Crippen LogP contribution in [0.2, 0.25) is 0 Å². The molecule has 2 nitrogen and oxygen atoms in total. The highest BCUT2D eigenvalue weighted by molar-refractivity contribution is 8.15. The number of rotatable bonds is 5. The Kier molecular flexibility index (Phi) is 2.35. The fourth-order valence-corrected chi connectivity index (χ4v) is 3.55. The van der Waals surface area contributed by atoms with Gasteiger partial charge in [0.05, 0.1) is 4.75 Å². The Morgan fingerprint density at radius 1 is 1.31 bits per heavy atom. The lowest BCUT2D eigenvalue weighted by atomic mass is 10.1. The molecule has 2 aliphatic carbocycles. The molecule has 0 spiro atoms. The van der Waals surface area contributed by atoms with Gasteiger partial charge in [-0.2, -0.15) is 0 Å². The zero-order valence-corrected chi connectivity index (χ0v) is 9.20. The maximum Gasteiger partial charge on any atom is 0.238 e. The summed E-state index contributed by atoms with van der Waals surface area (Å²) in [7, 11) is 2.09. The molecule has 76 valence electrons. The smallest absolute Gasteiger partial charge is 0.212 e. The number of hydrogen-bond donors (Lipinski definition) is 0. The largest absolute Gasteiger partial charge is 0.238 e. The molecular formula is C9H15ClO2S.